The maximum atomic E-state index is 12.9. The van der Waals surface area contributed by atoms with Crippen molar-refractivity contribution in [3.05, 3.63) is 82.9 Å². The third-order valence-electron chi connectivity index (χ3n) is 5.57. The van der Waals surface area contributed by atoms with Crippen LogP contribution in [0.5, 0.6) is 0 Å². The molecular weight excluding hydrogens is 440 g/mol. The molecule has 0 radical (unpaired) electrons. The number of ketones is 2. The summed E-state index contributed by atoms with van der Waals surface area (Å²) in [7, 11) is 0. The average Bonchev–Trinajstić information content (AvgIpc) is 2.82. The Morgan fingerprint density at radius 3 is 1.32 bits per heavy atom. The number of hydrogen-bond acceptors (Lipinski definition) is 6. The first-order valence-electron chi connectivity index (χ1n) is 10.3. The zero-order valence-corrected chi connectivity index (χ0v) is 17.9. The highest BCUT2D eigenvalue weighted by Gasteiger charge is 2.65. The molecule has 0 aliphatic heterocycles. The molecule has 2 aromatic carbocycles. The number of ether oxygens (including phenoxy) is 2. The van der Waals surface area contributed by atoms with E-state index < -0.39 is 47.2 Å². The smallest absolute Gasteiger partial charge is 0.323 e. The molecule has 1 aliphatic rings. The standard InChI is InChI=1S/C24H20N4O6/c25-27-11-17(29)19-20(18(30)12-28-26)22(24(32)34-14-16-9-5-2-6-10-16)21(19)23(31)33-13-15-7-3-1-4-8-15/h1-12,19-22H,13-14H2. The molecule has 0 heterocycles. The molecule has 1 fully saturated rings. The van der Waals surface area contributed by atoms with E-state index in [9.17, 15) is 19.2 Å². The Morgan fingerprint density at radius 2 is 1.00 bits per heavy atom. The van der Waals surface area contributed by atoms with Crippen molar-refractivity contribution >= 4 is 35.9 Å². The molecule has 0 bridgehead atoms. The van der Waals surface area contributed by atoms with Crippen molar-refractivity contribution in [3.63, 3.8) is 0 Å². The van der Waals surface area contributed by atoms with Crippen LogP contribution in [0.3, 0.4) is 0 Å². The van der Waals surface area contributed by atoms with Gasteiger partial charge >= 0.3 is 24.4 Å². The lowest BCUT2D eigenvalue weighted by atomic mass is 9.54. The molecule has 0 N–H and O–H groups in total. The molecule has 3 rings (SSSR count). The first kappa shape index (κ1) is 24.1. The minimum absolute atomic E-state index is 0.117. The lowest BCUT2D eigenvalue weighted by molar-refractivity contribution is -0.185. The van der Waals surface area contributed by atoms with Crippen LogP contribution in [0.1, 0.15) is 11.1 Å². The summed E-state index contributed by atoms with van der Waals surface area (Å²) in [5.41, 5.74) is 18.9. The quantitative estimate of drug-likeness (QED) is 0.227. The van der Waals surface area contributed by atoms with Crippen LogP contribution in [-0.2, 0) is 41.9 Å². The maximum absolute atomic E-state index is 12.9. The second-order valence-corrected chi connectivity index (χ2v) is 7.58. The van der Waals surface area contributed by atoms with Crippen LogP contribution in [0, 0.1) is 23.7 Å². The van der Waals surface area contributed by atoms with Gasteiger partial charge in [-0.05, 0) is 11.1 Å². The minimum Gasteiger partial charge on any atom is -0.461 e. The van der Waals surface area contributed by atoms with E-state index >= 15 is 0 Å². The van der Waals surface area contributed by atoms with Gasteiger partial charge in [-0.3, -0.25) is 19.2 Å². The second-order valence-electron chi connectivity index (χ2n) is 7.58. The molecule has 0 saturated heterocycles. The maximum Gasteiger partial charge on any atom is 0.323 e. The van der Waals surface area contributed by atoms with Gasteiger partial charge in [-0.2, -0.15) is 9.58 Å². The van der Waals surface area contributed by atoms with Gasteiger partial charge in [0.15, 0.2) is 0 Å². The summed E-state index contributed by atoms with van der Waals surface area (Å²) in [5.74, 6) is -8.95. The Balaban J connectivity index is 1.87. The Morgan fingerprint density at radius 1 is 0.647 bits per heavy atom. The van der Waals surface area contributed by atoms with Crippen molar-refractivity contribution in [2.45, 2.75) is 13.2 Å². The lowest BCUT2D eigenvalue weighted by Crippen LogP contribution is -2.61. The Bertz CT molecular complexity index is 1080. The van der Waals surface area contributed by atoms with Gasteiger partial charge in [-0.1, -0.05) is 60.7 Å². The first-order chi connectivity index (χ1) is 16.5. The van der Waals surface area contributed by atoms with E-state index in [0.29, 0.717) is 23.6 Å². The fraction of sp³-hybridized carbons (Fsp3) is 0.250. The second kappa shape index (κ2) is 11.4. The molecule has 10 nitrogen and oxygen atoms in total. The Hall–Kier alpha value is -4.52. The fourth-order valence-electron chi connectivity index (χ4n) is 3.98. The highest BCUT2D eigenvalue weighted by molar-refractivity contribution is 6.33. The van der Waals surface area contributed by atoms with Crippen LogP contribution in [-0.4, -0.2) is 45.5 Å². The fourth-order valence-corrected chi connectivity index (χ4v) is 3.98. The van der Waals surface area contributed by atoms with Crippen molar-refractivity contribution in [2.24, 2.45) is 23.7 Å². The Kier molecular flexibility index (Phi) is 8.07. The first-order valence-corrected chi connectivity index (χ1v) is 10.3. The van der Waals surface area contributed by atoms with E-state index in [1.165, 1.54) is 0 Å². The number of carbonyl (C=O) groups excluding carboxylic acids is 4. The van der Waals surface area contributed by atoms with Gasteiger partial charge in [0.25, 0.3) is 0 Å². The van der Waals surface area contributed by atoms with Gasteiger partial charge in [0, 0.05) is 0 Å². The number of benzene rings is 2. The van der Waals surface area contributed by atoms with Crippen molar-refractivity contribution in [1.29, 1.82) is 0 Å². The van der Waals surface area contributed by atoms with Crippen molar-refractivity contribution < 1.29 is 38.2 Å². The highest BCUT2D eigenvalue weighted by atomic mass is 16.5. The number of rotatable bonds is 10. The molecule has 34 heavy (non-hydrogen) atoms. The summed E-state index contributed by atoms with van der Waals surface area (Å²) >= 11 is 0. The Labute approximate surface area is 194 Å². The average molecular weight is 460 g/mol. The highest BCUT2D eigenvalue weighted by Crippen LogP contribution is 2.48. The summed E-state index contributed by atoms with van der Waals surface area (Å²) in [4.78, 5) is 56.4. The minimum atomic E-state index is -1.36. The summed E-state index contributed by atoms with van der Waals surface area (Å²) < 4.78 is 10.6. The van der Waals surface area contributed by atoms with E-state index in [4.69, 9.17) is 20.5 Å². The van der Waals surface area contributed by atoms with Crippen LogP contribution in [0.4, 0.5) is 0 Å². The largest absolute Gasteiger partial charge is 0.461 e. The van der Waals surface area contributed by atoms with E-state index in [-0.39, 0.29) is 13.2 Å². The van der Waals surface area contributed by atoms with Crippen LogP contribution < -0.4 is 0 Å². The van der Waals surface area contributed by atoms with E-state index in [2.05, 4.69) is 9.58 Å². The summed E-state index contributed by atoms with van der Waals surface area (Å²) in [5, 5.41) is 0. The third-order valence-corrected chi connectivity index (χ3v) is 5.57. The van der Waals surface area contributed by atoms with Gasteiger partial charge < -0.3 is 20.5 Å². The number of carbonyl (C=O) groups is 4. The molecule has 0 amide bonds. The number of Topliss-reactive ketones (excluding diaryl/α,β-unsaturated/α-hetero) is 2. The molecule has 1 saturated carbocycles. The predicted molar refractivity (Wildman–Crippen MR) is 116 cm³/mol. The van der Waals surface area contributed by atoms with E-state index in [1.54, 1.807) is 60.7 Å². The third kappa shape index (κ3) is 5.45. The van der Waals surface area contributed by atoms with E-state index in [1.807, 2.05) is 0 Å². The summed E-state index contributed by atoms with van der Waals surface area (Å²) in [6.45, 7) is -0.235. The number of hydrogen-bond donors (Lipinski definition) is 0. The monoisotopic (exact) mass is 460 g/mol. The van der Waals surface area contributed by atoms with Crippen molar-refractivity contribution in [3.8, 4) is 0 Å². The van der Waals surface area contributed by atoms with Crippen LogP contribution in [0.15, 0.2) is 60.7 Å². The topological polar surface area (TPSA) is 160 Å². The molecular formula is C24H20N4O6. The molecule has 4 atom stereocenters. The zero-order valence-electron chi connectivity index (χ0n) is 17.9. The van der Waals surface area contributed by atoms with Crippen LogP contribution >= 0.6 is 0 Å². The molecule has 172 valence electrons. The normalized spacial score (nSPS) is 20.5. The van der Waals surface area contributed by atoms with Gasteiger partial charge in [-0.25, -0.2) is 0 Å². The van der Waals surface area contributed by atoms with Gasteiger partial charge in [0.2, 0.25) is 11.6 Å². The van der Waals surface area contributed by atoms with E-state index in [0.717, 1.165) is 0 Å². The zero-order chi connectivity index (χ0) is 24.5. The number of nitrogens with zero attached hydrogens (tertiary/aromatic N) is 4. The predicted octanol–water partition coefficient (Wildman–Crippen LogP) is 1.69. The number of esters is 2. The van der Waals surface area contributed by atoms with Gasteiger partial charge in [0.1, 0.15) is 13.2 Å². The molecule has 1 aliphatic carbocycles. The lowest BCUT2D eigenvalue weighted by Gasteiger charge is -2.44. The van der Waals surface area contributed by atoms with Crippen molar-refractivity contribution in [1.82, 2.24) is 0 Å². The molecule has 4 unspecified atom stereocenters. The molecule has 0 spiro atoms. The summed E-state index contributed by atoms with van der Waals surface area (Å²) in [6.07, 6.45) is 1.09. The van der Waals surface area contributed by atoms with Crippen LogP contribution in [0.25, 0.3) is 11.1 Å². The van der Waals surface area contributed by atoms with Gasteiger partial charge in [0.05, 0.1) is 23.7 Å². The van der Waals surface area contributed by atoms with Crippen molar-refractivity contribution in [2.75, 3.05) is 0 Å². The molecule has 2 aromatic rings. The molecule has 10 heteroatoms. The molecule has 0 aromatic heterocycles. The van der Waals surface area contributed by atoms with Gasteiger partial charge in [-0.15, -0.1) is 0 Å². The SMILES string of the molecule is [N-]=[N+]=CC(=O)C1C(C(=O)C=[N+]=[N-])C(C(=O)OCc2ccccc2)C1C(=O)OCc1ccccc1. The summed E-state index contributed by atoms with van der Waals surface area (Å²) in [6, 6.07) is 17.5. The van der Waals surface area contributed by atoms with Crippen LogP contribution in [0.2, 0.25) is 0 Å².